The van der Waals surface area contributed by atoms with Gasteiger partial charge in [-0.2, -0.15) is 0 Å². The van der Waals surface area contributed by atoms with Crippen LogP contribution in [0.25, 0.3) is 0 Å². The number of hydrogen-bond donors (Lipinski definition) is 2. The van der Waals surface area contributed by atoms with E-state index in [1.807, 2.05) is 25.1 Å². The number of nitrogens with zero attached hydrogens (tertiary/aromatic N) is 1. The van der Waals surface area contributed by atoms with Gasteiger partial charge < -0.3 is 15.8 Å². The molecule has 2 rings (SSSR count). The van der Waals surface area contributed by atoms with E-state index in [9.17, 15) is 4.79 Å². The Morgan fingerprint density at radius 2 is 2.35 bits per heavy atom. The van der Waals surface area contributed by atoms with E-state index in [0.717, 1.165) is 18.5 Å². The molecule has 0 aromatic heterocycles. The lowest BCUT2D eigenvalue weighted by Gasteiger charge is -2.34. The molecule has 0 spiro atoms. The van der Waals surface area contributed by atoms with Crippen molar-refractivity contribution in [2.24, 2.45) is 0 Å². The molecule has 0 saturated carbocycles. The molecule has 1 aliphatic rings. The number of ether oxygens (including phenoxy) is 1. The zero-order valence-electron chi connectivity index (χ0n) is 12.2. The Hall–Kier alpha value is -1.59. The van der Waals surface area contributed by atoms with Crippen molar-refractivity contribution in [2.75, 3.05) is 37.4 Å². The number of nitrogens with one attached hydrogen (secondary N) is 1. The number of benzene rings is 1. The molecule has 1 saturated heterocycles. The Kier molecular flexibility index (Phi) is 4.98. The number of hydrogen-bond acceptors (Lipinski definition) is 4. The van der Waals surface area contributed by atoms with Gasteiger partial charge in [0.15, 0.2) is 0 Å². The number of rotatable bonds is 4. The fraction of sp³-hybridized carbons (Fsp3) is 0.533. The largest absolute Gasteiger partial charge is 0.397 e. The van der Waals surface area contributed by atoms with Crippen LogP contribution in [-0.4, -0.2) is 43.2 Å². The van der Waals surface area contributed by atoms with Crippen LogP contribution >= 0.6 is 0 Å². The zero-order valence-corrected chi connectivity index (χ0v) is 12.2. The maximum Gasteiger partial charge on any atom is 0.238 e. The number of carbonyl (C=O) groups is 1. The van der Waals surface area contributed by atoms with Gasteiger partial charge in [-0.25, -0.2) is 0 Å². The minimum absolute atomic E-state index is 0.0269. The van der Waals surface area contributed by atoms with E-state index in [4.69, 9.17) is 10.5 Å². The second-order valence-electron chi connectivity index (χ2n) is 5.25. The van der Waals surface area contributed by atoms with Crippen LogP contribution in [0.15, 0.2) is 18.2 Å². The Labute approximate surface area is 120 Å². The molecule has 1 heterocycles. The topological polar surface area (TPSA) is 67.6 Å². The summed E-state index contributed by atoms with van der Waals surface area (Å²) in [5, 5.41) is 2.88. The van der Waals surface area contributed by atoms with Gasteiger partial charge in [0, 0.05) is 12.6 Å². The molecule has 1 aromatic carbocycles. The van der Waals surface area contributed by atoms with Crippen molar-refractivity contribution >= 4 is 17.3 Å². The van der Waals surface area contributed by atoms with E-state index in [1.54, 1.807) is 0 Å². The molecule has 0 bridgehead atoms. The number of carbonyl (C=O) groups excluding carboxylic acids is 1. The van der Waals surface area contributed by atoms with Crippen LogP contribution in [-0.2, 0) is 9.53 Å². The van der Waals surface area contributed by atoms with Gasteiger partial charge in [0.25, 0.3) is 0 Å². The van der Waals surface area contributed by atoms with Crippen molar-refractivity contribution in [3.63, 3.8) is 0 Å². The molecule has 0 aliphatic carbocycles. The summed E-state index contributed by atoms with van der Waals surface area (Å²) in [5.41, 5.74) is 8.28. The summed E-state index contributed by atoms with van der Waals surface area (Å²) in [6.07, 6.45) is 0.986. The highest BCUT2D eigenvalue weighted by Crippen LogP contribution is 2.19. The highest BCUT2D eigenvalue weighted by Gasteiger charge is 2.23. The first kappa shape index (κ1) is 14.8. The van der Waals surface area contributed by atoms with Crippen LogP contribution in [0.3, 0.4) is 0 Å². The molecule has 1 aliphatic heterocycles. The molecule has 1 aromatic rings. The average Bonchev–Trinajstić information content (AvgIpc) is 2.42. The van der Waals surface area contributed by atoms with Gasteiger partial charge in [-0.3, -0.25) is 9.69 Å². The average molecular weight is 277 g/mol. The minimum Gasteiger partial charge on any atom is -0.397 e. The van der Waals surface area contributed by atoms with E-state index < -0.39 is 0 Å². The molecule has 3 N–H and O–H groups in total. The summed E-state index contributed by atoms with van der Waals surface area (Å²) in [6.45, 7) is 6.67. The predicted molar refractivity (Wildman–Crippen MR) is 80.7 cm³/mol. The van der Waals surface area contributed by atoms with Gasteiger partial charge in [-0.05, 0) is 31.0 Å². The third-order valence-electron chi connectivity index (χ3n) is 3.65. The number of nitrogens with two attached hydrogens (primary N) is 1. The normalized spacial score (nSPS) is 19.8. The molecule has 20 heavy (non-hydrogen) atoms. The fourth-order valence-electron chi connectivity index (χ4n) is 2.44. The second-order valence-corrected chi connectivity index (χ2v) is 5.25. The van der Waals surface area contributed by atoms with Gasteiger partial charge >= 0.3 is 0 Å². The second kappa shape index (κ2) is 6.72. The van der Waals surface area contributed by atoms with Crippen molar-refractivity contribution < 1.29 is 9.53 Å². The summed E-state index contributed by atoms with van der Waals surface area (Å²) in [4.78, 5) is 14.3. The Morgan fingerprint density at radius 3 is 3.05 bits per heavy atom. The third kappa shape index (κ3) is 3.71. The smallest absolute Gasteiger partial charge is 0.238 e. The number of amides is 1. The maximum atomic E-state index is 12.1. The summed E-state index contributed by atoms with van der Waals surface area (Å²) in [7, 11) is 0. The SMILES string of the molecule is CCC1COCCN1CC(=O)Nc1ccc(C)cc1N. The predicted octanol–water partition coefficient (Wildman–Crippen LogP) is 1.63. The summed E-state index contributed by atoms with van der Waals surface area (Å²) in [6, 6.07) is 5.97. The van der Waals surface area contributed by atoms with Gasteiger partial charge in [0.05, 0.1) is 31.1 Å². The van der Waals surface area contributed by atoms with Crippen molar-refractivity contribution in [2.45, 2.75) is 26.3 Å². The number of aryl methyl sites for hydroxylation is 1. The zero-order chi connectivity index (χ0) is 14.5. The van der Waals surface area contributed by atoms with E-state index in [2.05, 4.69) is 17.1 Å². The van der Waals surface area contributed by atoms with E-state index >= 15 is 0 Å². The van der Waals surface area contributed by atoms with Crippen molar-refractivity contribution in [3.05, 3.63) is 23.8 Å². The maximum absolute atomic E-state index is 12.1. The first-order chi connectivity index (χ1) is 9.60. The van der Waals surface area contributed by atoms with Gasteiger partial charge in [0.2, 0.25) is 5.91 Å². The summed E-state index contributed by atoms with van der Waals surface area (Å²) in [5.74, 6) is -0.0269. The lowest BCUT2D eigenvalue weighted by Crippen LogP contribution is -2.48. The number of anilines is 2. The summed E-state index contributed by atoms with van der Waals surface area (Å²) < 4.78 is 5.44. The quantitative estimate of drug-likeness (QED) is 0.821. The molecule has 1 atom stereocenters. The third-order valence-corrected chi connectivity index (χ3v) is 3.65. The monoisotopic (exact) mass is 277 g/mol. The molecule has 5 nitrogen and oxygen atoms in total. The van der Waals surface area contributed by atoms with E-state index in [1.165, 1.54) is 0 Å². The van der Waals surface area contributed by atoms with Crippen LogP contribution < -0.4 is 11.1 Å². The van der Waals surface area contributed by atoms with Crippen LogP contribution in [0.4, 0.5) is 11.4 Å². The molecule has 1 unspecified atom stereocenters. The van der Waals surface area contributed by atoms with Crippen molar-refractivity contribution in [1.82, 2.24) is 4.90 Å². The highest BCUT2D eigenvalue weighted by molar-refractivity contribution is 5.95. The highest BCUT2D eigenvalue weighted by atomic mass is 16.5. The van der Waals surface area contributed by atoms with Crippen LogP contribution in [0, 0.1) is 6.92 Å². The van der Waals surface area contributed by atoms with Crippen LogP contribution in [0.5, 0.6) is 0 Å². The van der Waals surface area contributed by atoms with Crippen LogP contribution in [0.2, 0.25) is 0 Å². The van der Waals surface area contributed by atoms with Gasteiger partial charge in [-0.15, -0.1) is 0 Å². The Bertz CT molecular complexity index is 476. The first-order valence-electron chi connectivity index (χ1n) is 7.08. The summed E-state index contributed by atoms with van der Waals surface area (Å²) >= 11 is 0. The van der Waals surface area contributed by atoms with Crippen molar-refractivity contribution in [3.8, 4) is 0 Å². The van der Waals surface area contributed by atoms with E-state index in [-0.39, 0.29) is 5.91 Å². The lowest BCUT2D eigenvalue weighted by molar-refractivity contribution is -0.119. The fourth-order valence-corrected chi connectivity index (χ4v) is 2.44. The van der Waals surface area contributed by atoms with Crippen LogP contribution in [0.1, 0.15) is 18.9 Å². The minimum atomic E-state index is -0.0269. The number of nitrogen functional groups attached to an aromatic ring is 1. The molecule has 1 amide bonds. The Balaban J connectivity index is 1.94. The number of morpholine rings is 1. The molecule has 0 radical (unpaired) electrons. The molecular weight excluding hydrogens is 254 g/mol. The van der Waals surface area contributed by atoms with Gasteiger partial charge in [-0.1, -0.05) is 13.0 Å². The Morgan fingerprint density at radius 1 is 1.55 bits per heavy atom. The molecule has 110 valence electrons. The molecular formula is C15H23N3O2. The molecule has 5 heteroatoms. The van der Waals surface area contributed by atoms with Gasteiger partial charge in [0.1, 0.15) is 0 Å². The lowest BCUT2D eigenvalue weighted by atomic mass is 10.1. The molecule has 1 fully saturated rings. The van der Waals surface area contributed by atoms with Crippen molar-refractivity contribution in [1.29, 1.82) is 0 Å². The standard InChI is InChI=1S/C15H23N3O2/c1-3-12-10-20-7-6-18(12)9-15(19)17-14-5-4-11(2)8-13(14)16/h4-5,8,12H,3,6-7,9-10,16H2,1-2H3,(H,17,19). The van der Waals surface area contributed by atoms with E-state index in [0.29, 0.717) is 37.2 Å². The first-order valence-corrected chi connectivity index (χ1v) is 7.08.